The molecule has 1 saturated carbocycles. The number of rotatable bonds is 5. The first kappa shape index (κ1) is 12.5. The first-order chi connectivity index (χ1) is 7.02. The average molecular weight is 214 g/mol. The van der Waals surface area contributed by atoms with Gasteiger partial charge in [-0.3, -0.25) is 4.79 Å². The van der Waals surface area contributed by atoms with Gasteiger partial charge < -0.3 is 15.7 Å². The zero-order chi connectivity index (χ0) is 11.4. The number of hydrogen-bond acceptors (Lipinski definition) is 3. The smallest absolute Gasteiger partial charge is 0.304 e. The molecule has 4 heteroatoms. The molecule has 0 aromatic carbocycles. The predicted molar refractivity (Wildman–Crippen MR) is 59.7 cm³/mol. The molecule has 1 aliphatic rings. The van der Waals surface area contributed by atoms with Crippen LogP contribution in [0.5, 0.6) is 0 Å². The van der Waals surface area contributed by atoms with E-state index in [0.29, 0.717) is 5.92 Å². The molecule has 1 rings (SSSR count). The molecule has 0 radical (unpaired) electrons. The molecule has 2 atom stereocenters. The summed E-state index contributed by atoms with van der Waals surface area (Å²) in [6.07, 6.45) is 4.97. The SMILES string of the molecule is CN(C)C(C(N)CC(=O)O)C1CCCC1. The van der Waals surface area contributed by atoms with Crippen LogP contribution in [-0.4, -0.2) is 42.2 Å². The number of nitrogens with two attached hydrogens (primary N) is 1. The molecular weight excluding hydrogens is 192 g/mol. The second-order valence-electron chi connectivity index (χ2n) is 4.76. The lowest BCUT2D eigenvalue weighted by atomic mass is 9.90. The summed E-state index contributed by atoms with van der Waals surface area (Å²) in [5.41, 5.74) is 5.98. The van der Waals surface area contributed by atoms with Crippen LogP contribution in [0.25, 0.3) is 0 Å². The van der Waals surface area contributed by atoms with Gasteiger partial charge in [0.1, 0.15) is 0 Å². The molecule has 0 aliphatic heterocycles. The molecule has 3 N–H and O–H groups in total. The monoisotopic (exact) mass is 214 g/mol. The maximum Gasteiger partial charge on any atom is 0.304 e. The highest BCUT2D eigenvalue weighted by Gasteiger charge is 2.32. The van der Waals surface area contributed by atoms with Gasteiger partial charge in [0, 0.05) is 12.1 Å². The number of likely N-dealkylation sites (N-methyl/N-ethyl adjacent to an activating group) is 1. The maximum absolute atomic E-state index is 10.7. The highest BCUT2D eigenvalue weighted by Crippen LogP contribution is 2.31. The Morgan fingerprint density at radius 1 is 1.47 bits per heavy atom. The molecule has 0 aromatic rings. The molecule has 0 saturated heterocycles. The second kappa shape index (κ2) is 5.47. The normalized spacial score (nSPS) is 21.9. The van der Waals surface area contributed by atoms with E-state index < -0.39 is 5.97 Å². The third-order valence-electron chi connectivity index (χ3n) is 3.33. The zero-order valence-electron chi connectivity index (χ0n) is 9.65. The Hall–Kier alpha value is -0.610. The summed E-state index contributed by atoms with van der Waals surface area (Å²) in [6, 6.07) is -0.0378. The van der Waals surface area contributed by atoms with Crippen LogP contribution in [0.15, 0.2) is 0 Å². The third kappa shape index (κ3) is 3.47. The Kier molecular flexibility index (Phi) is 4.54. The Bertz CT molecular complexity index is 213. The molecule has 0 spiro atoms. The fraction of sp³-hybridized carbons (Fsp3) is 0.909. The van der Waals surface area contributed by atoms with E-state index in [4.69, 9.17) is 10.8 Å². The fourth-order valence-electron chi connectivity index (χ4n) is 2.78. The minimum absolute atomic E-state index is 0.0688. The van der Waals surface area contributed by atoms with Gasteiger partial charge in [-0.1, -0.05) is 12.8 Å². The third-order valence-corrected chi connectivity index (χ3v) is 3.33. The van der Waals surface area contributed by atoms with Gasteiger partial charge in [0.2, 0.25) is 0 Å². The predicted octanol–water partition coefficient (Wildman–Crippen LogP) is 0.909. The lowest BCUT2D eigenvalue weighted by molar-refractivity contribution is -0.137. The van der Waals surface area contributed by atoms with Gasteiger partial charge in [0.25, 0.3) is 0 Å². The van der Waals surface area contributed by atoms with E-state index in [2.05, 4.69) is 4.90 Å². The topological polar surface area (TPSA) is 66.6 Å². The molecule has 88 valence electrons. The standard InChI is InChI=1S/C11H22N2O2/c1-13(2)11(8-5-3-4-6-8)9(12)7-10(14)15/h8-9,11H,3-7,12H2,1-2H3,(H,14,15). The average Bonchev–Trinajstić information content (AvgIpc) is 2.54. The van der Waals surface area contributed by atoms with E-state index in [0.717, 1.165) is 0 Å². The maximum atomic E-state index is 10.7. The van der Waals surface area contributed by atoms with Crippen molar-refractivity contribution in [1.82, 2.24) is 4.90 Å². The highest BCUT2D eigenvalue weighted by atomic mass is 16.4. The Balaban J connectivity index is 2.59. The number of carbonyl (C=O) groups is 1. The van der Waals surface area contributed by atoms with Crippen LogP contribution >= 0.6 is 0 Å². The molecule has 1 aliphatic carbocycles. The van der Waals surface area contributed by atoms with Crippen molar-refractivity contribution in [2.75, 3.05) is 14.1 Å². The highest BCUT2D eigenvalue weighted by molar-refractivity contribution is 5.67. The number of carboxylic acids is 1. The van der Waals surface area contributed by atoms with E-state index in [1.165, 1.54) is 25.7 Å². The molecule has 0 amide bonds. The van der Waals surface area contributed by atoms with Gasteiger partial charge in [-0.05, 0) is 32.9 Å². The van der Waals surface area contributed by atoms with Crippen molar-refractivity contribution in [2.24, 2.45) is 11.7 Å². The van der Waals surface area contributed by atoms with Crippen LogP contribution in [0.1, 0.15) is 32.1 Å². The molecule has 2 unspecified atom stereocenters. The van der Waals surface area contributed by atoms with Crippen molar-refractivity contribution < 1.29 is 9.90 Å². The van der Waals surface area contributed by atoms with Crippen molar-refractivity contribution in [1.29, 1.82) is 0 Å². The second-order valence-corrected chi connectivity index (χ2v) is 4.76. The van der Waals surface area contributed by atoms with Gasteiger partial charge in [-0.2, -0.15) is 0 Å². The molecule has 4 nitrogen and oxygen atoms in total. The van der Waals surface area contributed by atoms with Crippen LogP contribution in [0.4, 0.5) is 0 Å². The zero-order valence-corrected chi connectivity index (χ0v) is 9.65. The molecule has 15 heavy (non-hydrogen) atoms. The van der Waals surface area contributed by atoms with Crippen molar-refractivity contribution in [3.63, 3.8) is 0 Å². The van der Waals surface area contributed by atoms with Gasteiger partial charge in [-0.15, -0.1) is 0 Å². The van der Waals surface area contributed by atoms with E-state index in [9.17, 15) is 4.79 Å². The van der Waals surface area contributed by atoms with E-state index in [-0.39, 0.29) is 18.5 Å². The Labute approximate surface area is 91.4 Å². The lowest BCUT2D eigenvalue weighted by Crippen LogP contribution is -2.49. The van der Waals surface area contributed by atoms with E-state index in [1.54, 1.807) is 0 Å². The van der Waals surface area contributed by atoms with Crippen LogP contribution < -0.4 is 5.73 Å². The first-order valence-electron chi connectivity index (χ1n) is 5.66. The van der Waals surface area contributed by atoms with Crippen molar-refractivity contribution in [3.8, 4) is 0 Å². The Morgan fingerprint density at radius 2 is 2.00 bits per heavy atom. The summed E-state index contributed by atoms with van der Waals surface area (Å²) in [4.78, 5) is 12.7. The minimum atomic E-state index is -0.799. The van der Waals surface area contributed by atoms with Crippen LogP contribution in [0, 0.1) is 5.92 Å². The fourth-order valence-corrected chi connectivity index (χ4v) is 2.78. The summed E-state index contributed by atoms with van der Waals surface area (Å²) in [5, 5.41) is 8.76. The van der Waals surface area contributed by atoms with Gasteiger partial charge in [0.05, 0.1) is 6.42 Å². The van der Waals surface area contributed by atoms with Crippen molar-refractivity contribution in [3.05, 3.63) is 0 Å². The largest absolute Gasteiger partial charge is 0.481 e. The summed E-state index contributed by atoms with van der Waals surface area (Å²) >= 11 is 0. The van der Waals surface area contributed by atoms with Gasteiger partial charge in [0.15, 0.2) is 0 Å². The van der Waals surface area contributed by atoms with Crippen LogP contribution in [0.3, 0.4) is 0 Å². The first-order valence-corrected chi connectivity index (χ1v) is 5.66. The molecular formula is C11H22N2O2. The number of aliphatic carboxylic acids is 1. The number of carboxylic acid groups (broad SMARTS) is 1. The Morgan fingerprint density at radius 3 is 2.40 bits per heavy atom. The quantitative estimate of drug-likeness (QED) is 0.714. The van der Waals surface area contributed by atoms with Gasteiger partial charge >= 0.3 is 5.97 Å². The van der Waals surface area contributed by atoms with E-state index in [1.807, 2.05) is 14.1 Å². The summed E-state index contributed by atoms with van der Waals surface area (Å²) in [6.45, 7) is 0. The van der Waals surface area contributed by atoms with Crippen molar-refractivity contribution in [2.45, 2.75) is 44.2 Å². The lowest BCUT2D eigenvalue weighted by Gasteiger charge is -2.34. The van der Waals surface area contributed by atoms with Crippen LogP contribution in [-0.2, 0) is 4.79 Å². The number of nitrogens with zero attached hydrogens (tertiary/aromatic N) is 1. The van der Waals surface area contributed by atoms with Gasteiger partial charge in [-0.25, -0.2) is 0 Å². The molecule has 1 fully saturated rings. The molecule has 0 aromatic heterocycles. The minimum Gasteiger partial charge on any atom is -0.481 e. The van der Waals surface area contributed by atoms with Crippen LogP contribution in [0.2, 0.25) is 0 Å². The summed E-state index contributed by atoms with van der Waals surface area (Å²) in [5.74, 6) is -0.221. The van der Waals surface area contributed by atoms with E-state index >= 15 is 0 Å². The molecule has 0 heterocycles. The molecule has 0 bridgehead atoms. The van der Waals surface area contributed by atoms with Crippen molar-refractivity contribution >= 4 is 5.97 Å². The summed E-state index contributed by atoms with van der Waals surface area (Å²) in [7, 11) is 3.98. The number of hydrogen-bond donors (Lipinski definition) is 2. The summed E-state index contributed by atoms with van der Waals surface area (Å²) < 4.78 is 0.